The number of nitrogens with two attached hydrogens (primary N) is 1. The number of carbonyl (C=O) groups is 3. The van der Waals surface area contributed by atoms with Gasteiger partial charge in [0.15, 0.2) is 0 Å². The van der Waals surface area contributed by atoms with Gasteiger partial charge < -0.3 is 21.1 Å². The number of hydrogen-bond donors (Lipinski definition) is 3. The largest absolute Gasteiger partial charge is 0.478 e. The Kier molecular flexibility index (Phi) is 8.95. The minimum Gasteiger partial charge on any atom is -0.478 e. The van der Waals surface area contributed by atoms with E-state index < -0.39 is 12.0 Å². The van der Waals surface area contributed by atoms with Gasteiger partial charge >= 0.3 is 5.97 Å². The highest BCUT2D eigenvalue weighted by Crippen LogP contribution is 2.30. The standard InChI is InChI=1S/C29H33ClN8O4/c1-18-14-24(36-12-10-22(31)11-13-36)16-37(27(18)28(40)33-23-6-2-19(3-7-23)29(41)42)26(39)9-4-20-15-21(30)5-8-25(20)38-17-32-34-35-38/h2-9,15,17-18,22,24,27H,10-14,16,31H2,1H3,(H,33,40)(H,41,42). The number of hydrogen-bond acceptors (Lipinski definition) is 8. The van der Waals surface area contributed by atoms with Gasteiger partial charge in [0, 0.05) is 41.0 Å². The quantitative estimate of drug-likeness (QED) is 0.350. The summed E-state index contributed by atoms with van der Waals surface area (Å²) in [5, 5.41) is 23.9. The second-order valence-electron chi connectivity index (χ2n) is 10.8. The number of amides is 2. The van der Waals surface area contributed by atoms with Crippen LogP contribution in [0.25, 0.3) is 11.8 Å². The van der Waals surface area contributed by atoms with Crippen molar-refractivity contribution >= 4 is 41.1 Å². The predicted octanol–water partition coefficient (Wildman–Crippen LogP) is 2.69. The van der Waals surface area contributed by atoms with E-state index in [9.17, 15) is 19.5 Å². The summed E-state index contributed by atoms with van der Waals surface area (Å²) in [7, 11) is 0. The first-order valence-electron chi connectivity index (χ1n) is 13.8. The molecule has 0 bridgehead atoms. The molecule has 220 valence electrons. The summed E-state index contributed by atoms with van der Waals surface area (Å²) in [5.41, 5.74) is 7.98. The first-order chi connectivity index (χ1) is 20.2. The van der Waals surface area contributed by atoms with Gasteiger partial charge in [-0.1, -0.05) is 18.5 Å². The zero-order valence-electron chi connectivity index (χ0n) is 23.1. The SMILES string of the molecule is CC1CC(N2CCC(N)CC2)CN(C(=O)C=Cc2cc(Cl)ccc2-n2cnnn2)C1C(=O)Nc1ccc(C(=O)O)cc1. The van der Waals surface area contributed by atoms with Crippen molar-refractivity contribution in [2.75, 3.05) is 25.0 Å². The van der Waals surface area contributed by atoms with Crippen molar-refractivity contribution in [2.24, 2.45) is 11.7 Å². The van der Waals surface area contributed by atoms with Crippen molar-refractivity contribution in [3.8, 4) is 5.69 Å². The Hall–Kier alpha value is -4.13. The van der Waals surface area contributed by atoms with Crippen molar-refractivity contribution in [3.63, 3.8) is 0 Å². The number of rotatable bonds is 7. The Morgan fingerprint density at radius 2 is 1.86 bits per heavy atom. The molecule has 0 radical (unpaired) electrons. The van der Waals surface area contributed by atoms with E-state index in [0.717, 1.165) is 32.4 Å². The van der Waals surface area contributed by atoms with Crippen molar-refractivity contribution in [3.05, 3.63) is 71.0 Å². The third-order valence-electron chi connectivity index (χ3n) is 7.96. The minimum atomic E-state index is -1.05. The van der Waals surface area contributed by atoms with Gasteiger partial charge in [0.1, 0.15) is 12.4 Å². The first kappa shape index (κ1) is 29.4. The Bertz CT molecular complexity index is 1450. The van der Waals surface area contributed by atoms with Crippen LogP contribution in [0.15, 0.2) is 54.9 Å². The van der Waals surface area contributed by atoms with Crippen LogP contribution in [-0.4, -0.2) is 90.7 Å². The van der Waals surface area contributed by atoms with Gasteiger partial charge in [-0.25, -0.2) is 4.79 Å². The van der Waals surface area contributed by atoms with E-state index >= 15 is 0 Å². The number of carboxylic acid groups (broad SMARTS) is 1. The van der Waals surface area contributed by atoms with Crippen LogP contribution in [0.5, 0.6) is 0 Å². The molecule has 2 amide bonds. The molecule has 42 heavy (non-hydrogen) atoms. The molecule has 3 heterocycles. The molecule has 0 aliphatic carbocycles. The molecule has 2 saturated heterocycles. The normalized spacial score (nSPS) is 21.9. The molecule has 13 heteroatoms. The molecule has 2 aliphatic heterocycles. The maximum absolute atomic E-state index is 13.8. The number of carboxylic acids is 1. The highest BCUT2D eigenvalue weighted by atomic mass is 35.5. The predicted molar refractivity (Wildman–Crippen MR) is 157 cm³/mol. The molecule has 2 aromatic carbocycles. The number of piperidine rings is 2. The average Bonchev–Trinajstić information content (AvgIpc) is 3.51. The lowest BCUT2D eigenvalue weighted by molar-refractivity contribution is -0.141. The summed E-state index contributed by atoms with van der Waals surface area (Å²) in [5.74, 6) is -1.84. The summed E-state index contributed by atoms with van der Waals surface area (Å²) in [6.45, 7) is 4.06. The number of tetrazole rings is 1. The van der Waals surface area contributed by atoms with Crippen LogP contribution in [0.3, 0.4) is 0 Å². The van der Waals surface area contributed by atoms with E-state index in [2.05, 4.69) is 25.7 Å². The molecular weight excluding hydrogens is 560 g/mol. The number of nitrogens with one attached hydrogen (secondary N) is 1. The molecule has 0 spiro atoms. The maximum Gasteiger partial charge on any atom is 0.335 e. The smallest absolute Gasteiger partial charge is 0.335 e. The lowest BCUT2D eigenvalue weighted by Crippen LogP contribution is -2.61. The molecule has 2 aliphatic rings. The van der Waals surface area contributed by atoms with Crippen molar-refractivity contribution < 1.29 is 19.5 Å². The van der Waals surface area contributed by atoms with Crippen LogP contribution in [0.4, 0.5) is 5.69 Å². The number of benzene rings is 2. The monoisotopic (exact) mass is 592 g/mol. The van der Waals surface area contributed by atoms with Gasteiger partial charge in [-0.2, -0.15) is 4.68 Å². The number of carbonyl (C=O) groups excluding carboxylic acids is 2. The maximum atomic E-state index is 13.8. The van der Waals surface area contributed by atoms with Crippen LogP contribution in [0.2, 0.25) is 5.02 Å². The topological polar surface area (TPSA) is 160 Å². The molecule has 5 rings (SSSR count). The number of anilines is 1. The lowest BCUT2D eigenvalue weighted by Gasteiger charge is -2.47. The van der Waals surface area contributed by atoms with Crippen LogP contribution >= 0.6 is 11.6 Å². The fraction of sp³-hybridized carbons (Fsp3) is 0.379. The van der Waals surface area contributed by atoms with Crippen molar-refractivity contribution in [2.45, 2.75) is 44.3 Å². The molecule has 0 saturated carbocycles. The molecule has 12 nitrogen and oxygen atoms in total. The summed E-state index contributed by atoms with van der Waals surface area (Å²) >= 11 is 6.26. The van der Waals surface area contributed by atoms with Crippen LogP contribution in [0, 0.1) is 5.92 Å². The average molecular weight is 593 g/mol. The number of likely N-dealkylation sites (tertiary alicyclic amines) is 2. The second kappa shape index (κ2) is 12.8. The highest BCUT2D eigenvalue weighted by Gasteiger charge is 2.42. The second-order valence-corrected chi connectivity index (χ2v) is 11.3. The third-order valence-corrected chi connectivity index (χ3v) is 8.19. The molecular formula is C29H33ClN8O4. The third kappa shape index (κ3) is 6.67. The Labute approximate surface area is 248 Å². The molecule has 3 unspecified atom stereocenters. The van der Waals surface area contributed by atoms with Crippen molar-refractivity contribution in [1.29, 1.82) is 0 Å². The lowest BCUT2D eigenvalue weighted by atomic mass is 9.85. The van der Waals surface area contributed by atoms with Crippen LogP contribution in [0.1, 0.15) is 42.1 Å². The summed E-state index contributed by atoms with van der Waals surface area (Å²) in [6.07, 6.45) is 7.08. The van der Waals surface area contributed by atoms with E-state index in [1.54, 1.807) is 41.3 Å². The van der Waals surface area contributed by atoms with Gasteiger partial charge in [0.05, 0.1) is 11.3 Å². The zero-order valence-corrected chi connectivity index (χ0v) is 23.9. The first-order valence-corrected chi connectivity index (χ1v) is 14.2. The van der Waals surface area contributed by atoms with Crippen molar-refractivity contribution in [1.82, 2.24) is 30.0 Å². The molecule has 3 aromatic rings. The van der Waals surface area contributed by atoms with E-state index in [-0.39, 0.29) is 35.4 Å². The Morgan fingerprint density at radius 3 is 2.52 bits per heavy atom. The van der Waals surface area contributed by atoms with Gasteiger partial charge in [-0.05, 0) is 97.2 Å². The van der Waals surface area contributed by atoms with Gasteiger partial charge in [-0.15, -0.1) is 5.10 Å². The van der Waals surface area contributed by atoms with Crippen LogP contribution in [-0.2, 0) is 9.59 Å². The number of nitrogens with zero attached hydrogens (tertiary/aromatic N) is 6. The summed E-state index contributed by atoms with van der Waals surface area (Å²) in [4.78, 5) is 42.7. The number of halogens is 1. The Balaban J connectivity index is 1.41. The summed E-state index contributed by atoms with van der Waals surface area (Å²) in [6, 6.07) is 10.7. The summed E-state index contributed by atoms with van der Waals surface area (Å²) < 4.78 is 1.48. The van der Waals surface area contributed by atoms with E-state index in [0.29, 0.717) is 28.5 Å². The van der Waals surface area contributed by atoms with Gasteiger partial charge in [-0.3, -0.25) is 14.5 Å². The minimum absolute atomic E-state index is 0.0895. The Morgan fingerprint density at radius 1 is 1.12 bits per heavy atom. The number of aromatic nitrogens is 4. The molecule has 2 fully saturated rings. The fourth-order valence-corrected chi connectivity index (χ4v) is 5.95. The number of aromatic carboxylic acids is 1. The molecule has 1 aromatic heterocycles. The highest BCUT2D eigenvalue weighted by molar-refractivity contribution is 6.30. The van der Waals surface area contributed by atoms with Gasteiger partial charge in [0.2, 0.25) is 11.8 Å². The van der Waals surface area contributed by atoms with Crippen LogP contribution < -0.4 is 11.1 Å². The van der Waals surface area contributed by atoms with E-state index in [1.165, 1.54) is 29.2 Å². The van der Waals surface area contributed by atoms with E-state index in [4.69, 9.17) is 17.3 Å². The molecule has 4 N–H and O–H groups in total. The zero-order chi connectivity index (χ0) is 29.8. The van der Waals surface area contributed by atoms with Gasteiger partial charge in [0.25, 0.3) is 0 Å². The molecule has 3 atom stereocenters. The fourth-order valence-electron chi connectivity index (χ4n) is 5.76. The van der Waals surface area contributed by atoms with E-state index in [1.807, 2.05) is 6.92 Å².